The first-order chi connectivity index (χ1) is 16.7. The number of unbranched alkanes of at least 4 members (excludes halogenated alkanes) is 11. The van der Waals surface area contributed by atoms with Gasteiger partial charge < -0.3 is 9.47 Å². The Morgan fingerprint density at radius 3 is 1.74 bits per heavy atom. The minimum Gasteiger partial charge on any atom is -0.434 e. The van der Waals surface area contributed by atoms with Crippen molar-refractivity contribution >= 4 is 17.9 Å². The Morgan fingerprint density at radius 1 is 0.647 bits per heavy atom. The molecule has 4 heteroatoms. The molecule has 0 heterocycles. The molecule has 0 N–H and O–H groups in total. The van der Waals surface area contributed by atoms with Crippen molar-refractivity contribution in [1.29, 1.82) is 0 Å². The zero-order valence-electron chi connectivity index (χ0n) is 21.4. The van der Waals surface area contributed by atoms with Crippen LogP contribution in [0.15, 0.2) is 53.4 Å². The lowest BCUT2D eigenvalue weighted by atomic mass is 10.1. The molecule has 0 fully saturated rings. The highest BCUT2D eigenvalue weighted by Gasteiger charge is 2.07. The van der Waals surface area contributed by atoms with Gasteiger partial charge in [-0.1, -0.05) is 109 Å². The van der Waals surface area contributed by atoms with Crippen molar-refractivity contribution in [3.8, 4) is 16.9 Å². The monoisotopic (exact) mass is 484 g/mol. The lowest BCUT2D eigenvalue weighted by Gasteiger charge is -2.08. The molecule has 188 valence electrons. The number of benzene rings is 2. The van der Waals surface area contributed by atoms with Gasteiger partial charge >= 0.3 is 6.16 Å². The molecule has 2 aromatic carbocycles. The van der Waals surface area contributed by atoms with E-state index in [-0.39, 0.29) is 0 Å². The summed E-state index contributed by atoms with van der Waals surface area (Å²) < 4.78 is 10.5. The van der Waals surface area contributed by atoms with E-state index in [0.29, 0.717) is 12.4 Å². The summed E-state index contributed by atoms with van der Waals surface area (Å²) in [6, 6.07) is 16.3. The molecule has 0 aromatic heterocycles. The van der Waals surface area contributed by atoms with E-state index in [1.54, 1.807) is 0 Å². The lowest BCUT2D eigenvalue weighted by molar-refractivity contribution is 0.0973. The van der Waals surface area contributed by atoms with E-state index in [9.17, 15) is 4.79 Å². The second-order valence-electron chi connectivity index (χ2n) is 8.99. The molecular formula is C30H44O3S. The minimum absolute atomic E-state index is 0.423. The number of thioether (sulfide) groups is 1. The molecule has 0 amide bonds. The quantitative estimate of drug-likeness (QED) is 0.0912. The molecule has 0 bridgehead atoms. The van der Waals surface area contributed by atoms with Crippen LogP contribution in [-0.2, 0) is 4.74 Å². The Bertz CT molecular complexity index is 771. The standard InChI is InChI=1S/C30H44O3S/c1-3-5-7-9-11-13-15-25-34-29-22-18-27(19-23-29)26-16-20-28(21-17-26)33-30(31)32-24-14-12-10-8-6-4-2/h16-23H,3-15,24-25H2,1-2H3. The van der Waals surface area contributed by atoms with Crippen LogP contribution in [0.3, 0.4) is 0 Å². The van der Waals surface area contributed by atoms with Gasteiger partial charge in [0.25, 0.3) is 0 Å². The fourth-order valence-electron chi connectivity index (χ4n) is 3.87. The summed E-state index contributed by atoms with van der Waals surface area (Å²) in [5.41, 5.74) is 2.27. The van der Waals surface area contributed by atoms with Gasteiger partial charge in [-0.05, 0) is 54.0 Å². The normalized spacial score (nSPS) is 10.9. The largest absolute Gasteiger partial charge is 0.513 e. The summed E-state index contributed by atoms with van der Waals surface area (Å²) in [5.74, 6) is 1.70. The van der Waals surface area contributed by atoms with Crippen LogP contribution >= 0.6 is 11.8 Å². The smallest absolute Gasteiger partial charge is 0.434 e. The lowest BCUT2D eigenvalue weighted by Crippen LogP contribution is -2.11. The third kappa shape index (κ3) is 12.5. The van der Waals surface area contributed by atoms with Gasteiger partial charge in [-0.3, -0.25) is 0 Å². The van der Waals surface area contributed by atoms with Crippen LogP contribution in [-0.4, -0.2) is 18.5 Å². The first kappa shape index (κ1) is 28.3. The van der Waals surface area contributed by atoms with Crippen molar-refractivity contribution in [3.05, 3.63) is 48.5 Å². The summed E-state index contributed by atoms with van der Waals surface area (Å²) in [7, 11) is 0. The maximum atomic E-state index is 11.9. The molecule has 0 aliphatic rings. The summed E-state index contributed by atoms with van der Waals surface area (Å²) in [6.45, 7) is 4.90. The number of carbonyl (C=O) groups is 1. The van der Waals surface area contributed by atoms with Gasteiger partial charge in [-0.2, -0.15) is 0 Å². The van der Waals surface area contributed by atoms with Gasteiger partial charge in [0.1, 0.15) is 5.75 Å². The highest BCUT2D eigenvalue weighted by molar-refractivity contribution is 7.99. The topological polar surface area (TPSA) is 35.5 Å². The minimum atomic E-state index is -0.622. The molecule has 0 atom stereocenters. The summed E-state index contributed by atoms with van der Waals surface area (Å²) >= 11 is 1.94. The van der Waals surface area contributed by atoms with E-state index in [4.69, 9.17) is 9.47 Å². The average molecular weight is 485 g/mol. The number of rotatable bonds is 18. The van der Waals surface area contributed by atoms with E-state index in [1.807, 2.05) is 36.0 Å². The molecule has 0 aliphatic heterocycles. The maximum Gasteiger partial charge on any atom is 0.513 e. The van der Waals surface area contributed by atoms with E-state index in [2.05, 4.69) is 38.1 Å². The van der Waals surface area contributed by atoms with Crippen molar-refractivity contribution in [2.75, 3.05) is 12.4 Å². The zero-order valence-corrected chi connectivity index (χ0v) is 22.2. The van der Waals surface area contributed by atoms with Crippen LogP contribution in [0.25, 0.3) is 11.1 Å². The number of ether oxygens (including phenoxy) is 2. The Balaban J connectivity index is 1.64. The third-order valence-corrected chi connectivity index (χ3v) is 7.08. The van der Waals surface area contributed by atoms with Gasteiger partial charge in [0.15, 0.2) is 0 Å². The fourth-order valence-corrected chi connectivity index (χ4v) is 4.78. The number of carbonyl (C=O) groups excluding carboxylic acids is 1. The predicted molar refractivity (Wildman–Crippen MR) is 146 cm³/mol. The van der Waals surface area contributed by atoms with Crippen molar-refractivity contribution < 1.29 is 14.3 Å². The van der Waals surface area contributed by atoms with Crippen LogP contribution in [0.5, 0.6) is 5.75 Å². The van der Waals surface area contributed by atoms with Crippen molar-refractivity contribution in [1.82, 2.24) is 0 Å². The molecule has 34 heavy (non-hydrogen) atoms. The average Bonchev–Trinajstić information content (AvgIpc) is 2.86. The molecular weight excluding hydrogens is 440 g/mol. The van der Waals surface area contributed by atoms with Crippen molar-refractivity contribution in [2.24, 2.45) is 0 Å². The highest BCUT2D eigenvalue weighted by atomic mass is 32.2. The second-order valence-corrected chi connectivity index (χ2v) is 10.2. The Morgan fingerprint density at radius 2 is 1.15 bits per heavy atom. The number of hydrogen-bond donors (Lipinski definition) is 0. The molecule has 0 unspecified atom stereocenters. The summed E-state index contributed by atoms with van der Waals surface area (Å²) in [6.07, 6.45) is 15.8. The molecule has 0 radical (unpaired) electrons. The van der Waals surface area contributed by atoms with Gasteiger partial charge in [-0.15, -0.1) is 11.8 Å². The Labute approximate surface area is 212 Å². The van der Waals surface area contributed by atoms with Gasteiger partial charge in [-0.25, -0.2) is 4.79 Å². The Hall–Kier alpha value is -1.94. The first-order valence-electron chi connectivity index (χ1n) is 13.4. The maximum absolute atomic E-state index is 11.9. The molecule has 0 aliphatic carbocycles. The molecule has 0 spiro atoms. The van der Waals surface area contributed by atoms with Crippen LogP contribution in [0.4, 0.5) is 4.79 Å². The summed E-state index contributed by atoms with van der Waals surface area (Å²) in [4.78, 5) is 13.2. The van der Waals surface area contributed by atoms with E-state index in [1.165, 1.54) is 81.3 Å². The highest BCUT2D eigenvalue weighted by Crippen LogP contribution is 2.26. The van der Waals surface area contributed by atoms with Crippen LogP contribution in [0.1, 0.15) is 97.3 Å². The van der Waals surface area contributed by atoms with Crippen LogP contribution < -0.4 is 4.74 Å². The van der Waals surface area contributed by atoms with Crippen LogP contribution in [0.2, 0.25) is 0 Å². The summed E-state index contributed by atoms with van der Waals surface area (Å²) in [5, 5.41) is 0. The van der Waals surface area contributed by atoms with Gasteiger partial charge in [0, 0.05) is 4.90 Å². The van der Waals surface area contributed by atoms with Gasteiger partial charge in [0.2, 0.25) is 0 Å². The SMILES string of the molecule is CCCCCCCCCSc1ccc(-c2ccc(OC(=O)OCCCCCCCC)cc2)cc1. The molecule has 2 aromatic rings. The zero-order chi connectivity index (χ0) is 24.3. The fraction of sp³-hybridized carbons (Fsp3) is 0.567. The van der Waals surface area contributed by atoms with E-state index in [0.717, 1.165) is 24.0 Å². The number of hydrogen-bond acceptors (Lipinski definition) is 4. The molecule has 0 saturated carbocycles. The second kappa shape index (κ2) is 18.4. The van der Waals surface area contributed by atoms with E-state index >= 15 is 0 Å². The van der Waals surface area contributed by atoms with Gasteiger partial charge in [0.05, 0.1) is 6.61 Å². The van der Waals surface area contributed by atoms with Crippen LogP contribution in [0, 0.1) is 0 Å². The molecule has 2 rings (SSSR count). The predicted octanol–water partition coefficient (Wildman–Crippen LogP) is 10.1. The van der Waals surface area contributed by atoms with E-state index < -0.39 is 6.16 Å². The third-order valence-electron chi connectivity index (χ3n) is 5.98. The first-order valence-corrected chi connectivity index (χ1v) is 14.4. The molecule has 3 nitrogen and oxygen atoms in total. The Kier molecular flexibility index (Phi) is 15.3. The molecule has 0 saturated heterocycles. The van der Waals surface area contributed by atoms with Crippen molar-refractivity contribution in [2.45, 2.75) is 102 Å². The van der Waals surface area contributed by atoms with Crippen molar-refractivity contribution in [3.63, 3.8) is 0 Å².